The minimum absolute atomic E-state index is 0.153. The maximum atomic E-state index is 12.1. The summed E-state index contributed by atoms with van der Waals surface area (Å²) in [5, 5.41) is 5.53. The second kappa shape index (κ2) is 10.1. The second-order valence-electron chi connectivity index (χ2n) is 5.54. The fourth-order valence-electron chi connectivity index (χ4n) is 2.06. The number of hydrogen-bond donors (Lipinski definition) is 2. The number of benzene rings is 1. The Balaban J connectivity index is 1.75. The fraction of sp³-hybridized carbons (Fsp3) is 0.235. The van der Waals surface area contributed by atoms with E-state index >= 15 is 0 Å². The van der Waals surface area contributed by atoms with Crippen molar-refractivity contribution in [2.45, 2.75) is 6.54 Å². The van der Waals surface area contributed by atoms with Crippen LogP contribution in [0.1, 0.15) is 15.2 Å². The molecule has 1 aromatic carbocycles. The first-order chi connectivity index (χ1) is 12.8. The van der Waals surface area contributed by atoms with E-state index in [2.05, 4.69) is 26.6 Å². The zero-order chi connectivity index (χ0) is 20.0. The highest BCUT2D eigenvalue weighted by atomic mass is 79.9. The quantitative estimate of drug-likeness (QED) is 0.622. The van der Waals surface area contributed by atoms with Crippen molar-refractivity contribution < 1.29 is 14.4 Å². The Kier molecular flexibility index (Phi) is 8.09. The van der Waals surface area contributed by atoms with Crippen molar-refractivity contribution in [2.75, 3.05) is 20.1 Å². The van der Waals surface area contributed by atoms with E-state index in [1.807, 2.05) is 12.1 Å². The second-order valence-corrected chi connectivity index (χ2v) is 8.93. The predicted octanol–water partition coefficient (Wildman–Crippen LogP) is 3.32. The number of halogens is 3. The highest BCUT2D eigenvalue weighted by Crippen LogP contribution is 2.23. The molecule has 0 spiro atoms. The van der Waals surface area contributed by atoms with E-state index in [4.69, 9.17) is 23.2 Å². The summed E-state index contributed by atoms with van der Waals surface area (Å²) in [5.74, 6) is -1.22. The molecule has 0 aliphatic carbocycles. The SMILES string of the molecule is CN(Cc1ccc(Br)s1)C(=O)CNC(=O)CNC(=O)c1ccc(Cl)cc1Cl. The molecule has 3 amide bonds. The number of nitrogens with one attached hydrogen (secondary N) is 2. The van der Waals surface area contributed by atoms with Gasteiger partial charge < -0.3 is 15.5 Å². The molecule has 2 rings (SSSR count). The number of carbonyl (C=O) groups is 3. The van der Waals surface area contributed by atoms with Crippen molar-refractivity contribution in [3.8, 4) is 0 Å². The van der Waals surface area contributed by atoms with Crippen LogP contribution in [-0.2, 0) is 16.1 Å². The van der Waals surface area contributed by atoms with Gasteiger partial charge >= 0.3 is 0 Å². The van der Waals surface area contributed by atoms with Crippen LogP contribution in [0.5, 0.6) is 0 Å². The monoisotopic (exact) mass is 491 g/mol. The van der Waals surface area contributed by atoms with Gasteiger partial charge in [0.15, 0.2) is 0 Å². The molecular formula is C17H16BrCl2N3O3S. The average Bonchev–Trinajstić information content (AvgIpc) is 3.02. The third-order valence-corrected chi connectivity index (χ3v) is 5.63. The van der Waals surface area contributed by atoms with Gasteiger partial charge in [-0.3, -0.25) is 14.4 Å². The van der Waals surface area contributed by atoms with Crippen LogP contribution in [0.15, 0.2) is 34.1 Å². The smallest absolute Gasteiger partial charge is 0.253 e. The standard InChI is InChI=1S/C17H16BrCl2N3O3S/c1-23(9-11-3-5-14(18)27-11)16(25)8-21-15(24)7-22-17(26)12-4-2-10(19)6-13(12)20/h2-6H,7-9H2,1H3,(H,21,24)(H,22,26). The lowest BCUT2D eigenvalue weighted by Crippen LogP contribution is -2.42. The summed E-state index contributed by atoms with van der Waals surface area (Å²) in [5.41, 5.74) is 0.215. The Morgan fingerprint density at radius 2 is 1.85 bits per heavy atom. The molecule has 6 nitrogen and oxygen atoms in total. The maximum absolute atomic E-state index is 12.1. The molecule has 0 radical (unpaired) electrons. The number of likely N-dealkylation sites (N-methyl/N-ethyl adjacent to an activating group) is 1. The van der Waals surface area contributed by atoms with Gasteiger partial charge in [-0.05, 0) is 46.3 Å². The van der Waals surface area contributed by atoms with E-state index < -0.39 is 11.8 Å². The molecule has 0 aliphatic heterocycles. The first kappa shape index (κ1) is 21.7. The molecule has 2 N–H and O–H groups in total. The lowest BCUT2D eigenvalue weighted by Gasteiger charge is -2.16. The van der Waals surface area contributed by atoms with Gasteiger partial charge in [0.05, 0.1) is 34.0 Å². The number of amides is 3. The Labute approximate surface area is 179 Å². The third kappa shape index (κ3) is 6.80. The van der Waals surface area contributed by atoms with E-state index in [0.29, 0.717) is 11.6 Å². The summed E-state index contributed by atoms with van der Waals surface area (Å²) in [6.45, 7) is 0.0306. The predicted molar refractivity (Wildman–Crippen MR) is 110 cm³/mol. The van der Waals surface area contributed by atoms with Gasteiger partial charge in [-0.2, -0.15) is 0 Å². The molecule has 144 valence electrons. The first-order valence-corrected chi connectivity index (χ1v) is 10.1. The molecule has 0 saturated heterocycles. The van der Waals surface area contributed by atoms with Gasteiger partial charge in [-0.1, -0.05) is 23.2 Å². The summed E-state index contributed by atoms with van der Waals surface area (Å²) in [6.07, 6.45) is 0. The topological polar surface area (TPSA) is 78.5 Å². The largest absolute Gasteiger partial charge is 0.345 e. The number of hydrogen-bond acceptors (Lipinski definition) is 4. The fourth-order valence-corrected chi connectivity index (χ4v) is 4.09. The van der Waals surface area contributed by atoms with Gasteiger partial charge in [0.25, 0.3) is 5.91 Å². The molecule has 0 unspecified atom stereocenters. The van der Waals surface area contributed by atoms with Crippen molar-refractivity contribution in [3.63, 3.8) is 0 Å². The van der Waals surface area contributed by atoms with Crippen LogP contribution in [0, 0.1) is 0 Å². The van der Waals surface area contributed by atoms with Crippen molar-refractivity contribution in [2.24, 2.45) is 0 Å². The normalized spacial score (nSPS) is 10.4. The van der Waals surface area contributed by atoms with E-state index in [1.54, 1.807) is 7.05 Å². The molecule has 1 aromatic heterocycles. The van der Waals surface area contributed by atoms with Gasteiger partial charge in [0, 0.05) is 16.9 Å². The molecule has 2 aromatic rings. The van der Waals surface area contributed by atoms with Crippen LogP contribution < -0.4 is 10.6 Å². The Bertz CT molecular complexity index is 860. The molecular weight excluding hydrogens is 477 g/mol. The number of nitrogens with zero attached hydrogens (tertiary/aromatic N) is 1. The van der Waals surface area contributed by atoms with Gasteiger partial charge in [-0.25, -0.2) is 0 Å². The van der Waals surface area contributed by atoms with Crippen molar-refractivity contribution >= 4 is 68.2 Å². The first-order valence-electron chi connectivity index (χ1n) is 7.74. The van der Waals surface area contributed by atoms with E-state index in [-0.39, 0.29) is 29.6 Å². The Morgan fingerprint density at radius 1 is 1.11 bits per heavy atom. The lowest BCUT2D eigenvalue weighted by atomic mass is 10.2. The molecule has 27 heavy (non-hydrogen) atoms. The lowest BCUT2D eigenvalue weighted by molar-refractivity contribution is -0.132. The molecule has 0 atom stereocenters. The van der Waals surface area contributed by atoms with Gasteiger partial charge in [0.2, 0.25) is 11.8 Å². The third-order valence-electron chi connectivity index (χ3n) is 3.47. The van der Waals surface area contributed by atoms with E-state index in [9.17, 15) is 14.4 Å². The zero-order valence-corrected chi connectivity index (χ0v) is 18.1. The maximum Gasteiger partial charge on any atom is 0.253 e. The summed E-state index contributed by atoms with van der Waals surface area (Å²) >= 11 is 16.6. The Morgan fingerprint density at radius 3 is 2.48 bits per heavy atom. The summed E-state index contributed by atoms with van der Waals surface area (Å²) in [4.78, 5) is 38.5. The van der Waals surface area contributed by atoms with E-state index in [0.717, 1.165) is 8.66 Å². The van der Waals surface area contributed by atoms with Gasteiger partial charge in [0.1, 0.15) is 0 Å². The summed E-state index contributed by atoms with van der Waals surface area (Å²) in [7, 11) is 1.66. The van der Waals surface area contributed by atoms with E-state index in [1.165, 1.54) is 34.4 Å². The van der Waals surface area contributed by atoms with Crippen LogP contribution in [-0.4, -0.2) is 42.8 Å². The van der Waals surface area contributed by atoms with Crippen LogP contribution >= 0.6 is 50.5 Å². The molecule has 10 heteroatoms. The van der Waals surface area contributed by atoms with Gasteiger partial charge in [-0.15, -0.1) is 11.3 Å². The number of carbonyl (C=O) groups excluding carboxylic acids is 3. The highest BCUT2D eigenvalue weighted by Gasteiger charge is 2.14. The summed E-state index contributed by atoms with van der Waals surface area (Å²) in [6, 6.07) is 8.28. The molecule has 0 aliphatic rings. The molecule has 1 heterocycles. The molecule has 0 saturated carbocycles. The van der Waals surface area contributed by atoms with Crippen molar-refractivity contribution in [1.82, 2.24) is 15.5 Å². The van der Waals surface area contributed by atoms with Crippen LogP contribution in [0.25, 0.3) is 0 Å². The summed E-state index contributed by atoms with van der Waals surface area (Å²) < 4.78 is 0.989. The van der Waals surface area contributed by atoms with Crippen molar-refractivity contribution in [3.05, 3.63) is 54.6 Å². The minimum atomic E-state index is -0.501. The number of rotatable bonds is 7. The Hall–Kier alpha value is -1.61. The molecule has 0 fully saturated rings. The average molecular weight is 493 g/mol. The van der Waals surface area contributed by atoms with Crippen LogP contribution in [0.4, 0.5) is 0 Å². The zero-order valence-electron chi connectivity index (χ0n) is 14.2. The van der Waals surface area contributed by atoms with Crippen LogP contribution in [0.3, 0.4) is 0 Å². The van der Waals surface area contributed by atoms with Crippen LogP contribution in [0.2, 0.25) is 10.0 Å². The van der Waals surface area contributed by atoms with Crippen molar-refractivity contribution in [1.29, 1.82) is 0 Å². The minimum Gasteiger partial charge on any atom is -0.345 e. The number of thiophene rings is 1. The molecule has 0 bridgehead atoms. The highest BCUT2D eigenvalue weighted by molar-refractivity contribution is 9.11.